The summed E-state index contributed by atoms with van der Waals surface area (Å²) in [6.07, 6.45) is 10.3. The predicted octanol–water partition coefficient (Wildman–Crippen LogP) is 1.16. The Morgan fingerprint density at radius 2 is 2.64 bits per heavy atom. The second-order valence-corrected chi connectivity index (χ2v) is 3.08. The number of rotatable bonds is 1. The quantitative estimate of drug-likeness (QED) is 0.543. The van der Waals surface area contributed by atoms with E-state index in [0.29, 0.717) is 11.8 Å². The van der Waals surface area contributed by atoms with Gasteiger partial charge in [-0.05, 0) is 6.42 Å². The first-order chi connectivity index (χ1) is 5.31. The summed E-state index contributed by atoms with van der Waals surface area (Å²) in [5.74, 6) is 3.74. The van der Waals surface area contributed by atoms with Gasteiger partial charge in [-0.3, -0.25) is 0 Å². The third kappa shape index (κ3) is 1.03. The third-order valence-electron chi connectivity index (χ3n) is 2.11. The second kappa shape index (κ2) is 2.13. The van der Waals surface area contributed by atoms with Crippen molar-refractivity contribution in [3.05, 3.63) is 18.2 Å². The topological polar surface area (TPSA) is 17.8 Å². The minimum Gasteiger partial charge on any atom is -0.340 e. The van der Waals surface area contributed by atoms with Gasteiger partial charge in [-0.2, -0.15) is 0 Å². The molecule has 11 heavy (non-hydrogen) atoms. The molecule has 0 saturated heterocycles. The SMILES string of the molecule is C#CC1C[C@H]1c1cn(C)cn1. The molecule has 2 heteroatoms. The minimum absolute atomic E-state index is 0.449. The molecule has 1 aliphatic rings. The normalized spacial score (nSPS) is 28.0. The standard InChI is InChI=1S/C9H10N2/c1-3-7-4-8(7)9-5-11(2)6-10-9/h1,5-8H,4H2,2H3/t7?,8-/m1/s1. The highest BCUT2D eigenvalue weighted by Gasteiger charge is 2.38. The molecule has 56 valence electrons. The average molecular weight is 146 g/mol. The van der Waals surface area contributed by atoms with Gasteiger partial charge >= 0.3 is 0 Å². The molecule has 2 rings (SSSR count). The van der Waals surface area contributed by atoms with Crippen molar-refractivity contribution in [2.24, 2.45) is 13.0 Å². The zero-order valence-electron chi connectivity index (χ0n) is 6.49. The molecule has 0 radical (unpaired) electrons. The van der Waals surface area contributed by atoms with Crippen molar-refractivity contribution < 1.29 is 0 Å². The Hall–Kier alpha value is -1.23. The number of aromatic nitrogens is 2. The van der Waals surface area contributed by atoms with E-state index in [4.69, 9.17) is 6.42 Å². The smallest absolute Gasteiger partial charge is 0.0946 e. The summed E-state index contributed by atoms with van der Waals surface area (Å²) < 4.78 is 1.96. The molecule has 0 spiro atoms. The molecule has 2 atom stereocenters. The van der Waals surface area contributed by atoms with Gasteiger partial charge in [0.1, 0.15) is 0 Å². The van der Waals surface area contributed by atoms with Crippen LogP contribution in [0, 0.1) is 18.3 Å². The van der Waals surface area contributed by atoms with Gasteiger partial charge in [0, 0.05) is 25.1 Å². The fraction of sp³-hybridized carbons (Fsp3) is 0.444. The van der Waals surface area contributed by atoms with Crippen LogP contribution in [0.2, 0.25) is 0 Å². The van der Waals surface area contributed by atoms with E-state index in [1.807, 2.05) is 24.1 Å². The van der Waals surface area contributed by atoms with Crippen LogP contribution in [0.15, 0.2) is 12.5 Å². The molecule has 1 fully saturated rings. The van der Waals surface area contributed by atoms with Crippen LogP contribution in [0.4, 0.5) is 0 Å². The molecule has 0 aliphatic heterocycles. The molecular formula is C9H10N2. The fourth-order valence-corrected chi connectivity index (χ4v) is 1.33. The van der Waals surface area contributed by atoms with E-state index in [0.717, 1.165) is 12.1 Å². The number of aryl methyl sites for hydroxylation is 1. The minimum atomic E-state index is 0.449. The van der Waals surface area contributed by atoms with Gasteiger partial charge in [0.25, 0.3) is 0 Å². The Morgan fingerprint density at radius 1 is 1.82 bits per heavy atom. The van der Waals surface area contributed by atoms with E-state index in [-0.39, 0.29) is 0 Å². The van der Waals surface area contributed by atoms with Crippen LogP contribution in [-0.4, -0.2) is 9.55 Å². The molecule has 1 heterocycles. The van der Waals surface area contributed by atoms with Crippen molar-refractivity contribution in [3.63, 3.8) is 0 Å². The Bertz CT molecular complexity index is 306. The summed E-state index contributed by atoms with van der Waals surface area (Å²) in [5.41, 5.74) is 1.15. The molecule has 0 bridgehead atoms. The van der Waals surface area contributed by atoms with E-state index in [1.54, 1.807) is 0 Å². The largest absolute Gasteiger partial charge is 0.340 e. The summed E-state index contributed by atoms with van der Waals surface area (Å²) in [6, 6.07) is 0. The maximum Gasteiger partial charge on any atom is 0.0946 e. The molecule has 1 saturated carbocycles. The van der Waals surface area contributed by atoms with E-state index in [1.165, 1.54) is 0 Å². The molecule has 0 amide bonds. The van der Waals surface area contributed by atoms with Crippen molar-refractivity contribution in [2.75, 3.05) is 0 Å². The first-order valence-corrected chi connectivity index (χ1v) is 3.75. The zero-order valence-corrected chi connectivity index (χ0v) is 6.49. The van der Waals surface area contributed by atoms with Crippen molar-refractivity contribution in [1.29, 1.82) is 0 Å². The molecule has 1 aromatic heterocycles. The monoisotopic (exact) mass is 146 g/mol. The lowest BCUT2D eigenvalue weighted by molar-refractivity contribution is 0.910. The van der Waals surface area contributed by atoms with Crippen molar-refractivity contribution in [1.82, 2.24) is 9.55 Å². The molecule has 1 aliphatic carbocycles. The Balaban J connectivity index is 2.16. The van der Waals surface area contributed by atoms with Gasteiger partial charge in [0.05, 0.1) is 12.0 Å². The summed E-state index contributed by atoms with van der Waals surface area (Å²) >= 11 is 0. The maximum atomic E-state index is 5.28. The number of nitrogens with zero attached hydrogens (tertiary/aromatic N) is 2. The van der Waals surface area contributed by atoms with E-state index >= 15 is 0 Å². The number of imidazole rings is 1. The van der Waals surface area contributed by atoms with E-state index < -0.39 is 0 Å². The maximum absolute atomic E-state index is 5.28. The highest BCUT2D eigenvalue weighted by Crippen LogP contribution is 2.45. The highest BCUT2D eigenvalue weighted by atomic mass is 15.0. The first kappa shape index (κ1) is 6.48. The zero-order chi connectivity index (χ0) is 7.84. The Kier molecular flexibility index (Phi) is 1.25. The molecule has 1 aromatic rings. The van der Waals surface area contributed by atoms with Gasteiger partial charge in [0.2, 0.25) is 0 Å². The van der Waals surface area contributed by atoms with Crippen molar-refractivity contribution in [3.8, 4) is 12.3 Å². The first-order valence-electron chi connectivity index (χ1n) is 3.75. The lowest BCUT2D eigenvalue weighted by Crippen LogP contribution is -1.81. The number of hydrogen-bond acceptors (Lipinski definition) is 1. The average Bonchev–Trinajstić information content (AvgIpc) is 2.68. The number of terminal acetylenes is 1. The summed E-state index contributed by atoms with van der Waals surface area (Å²) in [6.45, 7) is 0. The Labute approximate surface area is 66.3 Å². The lowest BCUT2D eigenvalue weighted by Gasteiger charge is -1.86. The van der Waals surface area contributed by atoms with Crippen LogP contribution in [0.25, 0.3) is 0 Å². The fourth-order valence-electron chi connectivity index (χ4n) is 1.33. The molecule has 1 unspecified atom stereocenters. The van der Waals surface area contributed by atoms with Crippen molar-refractivity contribution in [2.45, 2.75) is 12.3 Å². The summed E-state index contributed by atoms with van der Waals surface area (Å²) in [7, 11) is 1.98. The molecular weight excluding hydrogens is 136 g/mol. The lowest BCUT2D eigenvalue weighted by atomic mass is 10.2. The van der Waals surface area contributed by atoms with Crippen LogP contribution in [0.5, 0.6) is 0 Å². The van der Waals surface area contributed by atoms with E-state index in [9.17, 15) is 0 Å². The molecule has 2 nitrogen and oxygen atoms in total. The highest BCUT2D eigenvalue weighted by molar-refractivity contribution is 5.22. The third-order valence-corrected chi connectivity index (χ3v) is 2.11. The van der Waals surface area contributed by atoms with Gasteiger partial charge < -0.3 is 4.57 Å². The molecule has 0 aromatic carbocycles. The van der Waals surface area contributed by atoms with Crippen LogP contribution < -0.4 is 0 Å². The van der Waals surface area contributed by atoms with Crippen LogP contribution in [0.3, 0.4) is 0 Å². The molecule has 0 N–H and O–H groups in total. The summed E-state index contributed by atoms with van der Waals surface area (Å²) in [5, 5.41) is 0. The van der Waals surface area contributed by atoms with Gasteiger partial charge in [-0.25, -0.2) is 4.98 Å². The van der Waals surface area contributed by atoms with E-state index in [2.05, 4.69) is 10.9 Å². The van der Waals surface area contributed by atoms with Crippen molar-refractivity contribution >= 4 is 0 Å². The summed E-state index contributed by atoms with van der Waals surface area (Å²) in [4.78, 5) is 4.24. The van der Waals surface area contributed by atoms with Gasteiger partial charge in [-0.15, -0.1) is 12.3 Å². The Morgan fingerprint density at radius 3 is 3.09 bits per heavy atom. The van der Waals surface area contributed by atoms with Crippen LogP contribution >= 0.6 is 0 Å². The number of hydrogen-bond donors (Lipinski definition) is 0. The van der Waals surface area contributed by atoms with Crippen LogP contribution in [0.1, 0.15) is 18.0 Å². The van der Waals surface area contributed by atoms with Gasteiger partial charge in [0.15, 0.2) is 0 Å². The predicted molar refractivity (Wildman–Crippen MR) is 42.9 cm³/mol. The second-order valence-electron chi connectivity index (χ2n) is 3.08. The van der Waals surface area contributed by atoms with Crippen LogP contribution in [-0.2, 0) is 7.05 Å². The van der Waals surface area contributed by atoms with Gasteiger partial charge in [-0.1, -0.05) is 0 Å².